The summed E-state index contributed by atoms with van der Waals surface area (Å²) in [5, 5.41) is 5.38. The number of hydrogen-bond donors (Lipinski definition) is 2. The van der Waals surface area contributed by atoms with Crippen LogP contribution in [0.3, 0.4) is 0 Å². The topological polar surface area (TPSA) is 103 Å². The number of esters is 2. The number of benzene rings is 1. The van der Waals surface area contributed by atoms with E-state index in [4.69, 9.17) is 4.74 Å². The molecule has 1 saturated heterocycles. The number of carbonyl (C=O) groups is 3. The molecule has 0 unspecified atom stereocenters. The van der Waals surface area contributed by atoms with Crippen molar-refractivity contribution in [2.45, 2.75) is 12.8 Å². The van der Waals surface area contributed by atoms with Crippen LogP contribution in [0.1, 0.15) is 33.6 Å². The highest BCUT2D eigenvalue weighted by Crippen LogP contribution is 2.17. The second kappa shape index (κ2) is 9.03. The summed E-state index contributed by atoms with van der Waals surface area (Å²) in [6.07, 6.45) is 1.99. The number of ether oxygens (including phenoxy) is 3. The molecular weight excluding hydrogens is 328 g/mol. The van der Waals surface area contributed by atoms with Gasteiger partial charge in [0.2, 0.25) is 0 Å². The number of methoxy groups -OCH3 is 2. The minimum atomic E-state index is -0.617. The Morgan fingerprint density at radius 3 is 2.28 bits per heavy atom. The number of nitrogens with one attached hydrogen (secondary N) is 2. The molecule has 1 aliphatic rings. The van der Waals surface area contributed by atoms with E-state index in [2.05, 4.69) is 20.1 Å². The van der Waals surface area contributed by atoms with Crippen molar-refractivity contribution in [1.82, 2.24) is 5.32 Å². The molecule has 1 aromatic carbocycles. The third-order valence-corrected chi connectivity index (χ3v) is 3.84. The molecule has 8 nitrogen and oxygen atoms in total. The Morgan fingerprint density at radius 1 is 1.12 bits per heavy atom. The second-order valence-electron chi connectivity index (χ2n) is 5.70. The fraction of sp³-hybridized carbons (Fsp3) is 0.471. The van der Waals surface area contributed by atoms with Crippen LogP contribution in [0.4, 0.5) is 10.5 Å². The number of carbonyl (C=O) groups excluding carboxylic acids is 3. The molecule has 1 fully saturated rings. The van der Waals surface area contributed by atoms with Gasteiger partial charge in [0.15, 0.2) is 0 Å². The highest BCUT2D eigenvalue weighted by molar-refractivity contribution is 5.99. The molecule has 0 spiro atoms. The largest absolute Gasteiger partial charge is 0.465 e. The summed E-state index contributed by atoms with van der Waals surface area (Å²) in [5.41, 5.74) is 0.573. The van der Waals surface area contributed by atoms with E-state index in [1.54, 1.807) is 0 Å². The Bertz CT molecular complexity index is 606. The molecule has 2 rings (SSSR count). The smallest absolute Gasteiger partial charge is 0.337 e. The average Bonchev–Trinajstić information content (AvgIpc) is 2.65. The Balaban J connectivity index is 2.04. The van der Waals surface area contributed by atoms with Crippen LogP contribution in [-0.4, -0.2) is 51.9 Å². The quantitative estimate of drug-likeness (QED) is 0.785. The van der Waals surface area contributed by atoms with Gasteiger partial charge in [0.1, 0.15) is 0 Å². The molecule has 2 N–H and O–H groups in total. The van der Waals surface area contributed by atoms with Crippen LogP contribution in [0.2, 0.25) is 0 Å². The maximum atomic E-state index is 12.1. The molecule has 2 amide bonds. The summed E-state index contributed by atoms with van der Waals surface area (Å²) in [6.45, 7) is 1.89. The van der Waals surface area contributed by atoms with E-state index in [0.717, 1.165) is 19.4 Å². The van der Waals surface area contributed by atoms with Crippen LogP contribution in [0.5, 0.6) is 0 Å². The van der Waals surface area contributed by atoms with E-state index < -0.39 is 18.0 Å². The van der Waals surface area contributed by atoms with Crippen molar-refractivity contribution in [2.24, 2.45) is 5.92 Å². The van der Waals surface area contributed by atoms with Gasteiger partial charge in [-0.05, 0) is 37.0 Å². The zero-order chi connectivity index (χ0) is 18.2. The van der Waals surface area contributed by atoms with Crippen LogP contribution in [0.25, 0.3) is 0 Å². The summed E-state index contributed by atoms with van der Waals surface area (Å²) in [6, 6.07) is 3.78. The van der Waals surface area contributed by atoms with E-state index in [-0.39, 0.29) is 17.0 Å². The van der Waals surface area contributed by atoms with E-state index in [1.165, 1.54) is 32.4 Å². The first-order chi connectivity index (χ1) is 12.0. The standard InChI is InChI=1S/C17H22N2O6/c1-23-15(20)12-6-13(16(21)24-2)8-14(7-12)19-17(22)18-9-11-4-3-5-25-10-11/h6-8,11H,3-5,9-10H2,1-2H3,(H2,18,19,22)/t11-/m0/s1. The average molecular weight is 350 g/mol. The molecule has 0 bridgehead atoms. The second-order valence-corrected chi connectivity index (χ2v) is 5.70. The summed E-state index contributed by atoms with van der Waals surface area (Å²) in [7, 11) is 2.47. The SMILES string of the molecule is COC(=O)c1cc(NC(=O)NC[C@@H]2CCCOC2)cc(C(=O)OC)c1. The predicted molar refractivity (Wildman–Crippen MR) is 89.7 cm³/mol. The van der Waals surface area contributed by atoms with Crippen molar-refractivity contribution in [3.8, 4) is 0 Å². The van der Waals surface area contributed by atoms with Gasteiger partial charge in [-0.25, -0.2) is 14.4 Å². The molecule has 1 aliphatic heterocycles. The fourth-order valence-corrected chi connectivity index (χ4v) is 2.55. The van der Waals surface area contributed by atoms with Crippen LogP contribution in [0.15, 0.2) is 18.2 Å². The summed E-state index contributed by atoms with van der Waals surface area (Å²) >= 11 is 0. The highest BCUT2D eigenvalue weighted by Gasteiger charge is 2.17. The van der Waals surface area contributed by atoms with Gasteiger partial charge in [-0.1, -0.05) is 0 Å². The van der Waals surface area contributed by atoms with Crippen LogP contribution in [-0.2, 0) is 14.2 Å². The maximum absolute atomic E-state index is 12.1. The molecule has 1 aromatic rings. The monoisotopic (exact) mass is 350 g/mol. The van der Waals surface area contributed by atoms with Gasteiger partial charge >= 0.3 is 18.0 Å². The molecule has 1 atom stereocenters. The third kappa shape index (κ3) is 5.46. The molecule has 25 heavy (non-hydrogen) atoms. The first-order valence-corrected chi connectivity index (χ1v) is 7.97. The summed E-state index contributed by atoms with van der Waals surface area (Å²) in [5.74, 6) is -0.950. The molecule has 0 aromatic heterocycles. The Labute approximate surface area is 145 Å². The lowest BCUT2D eigenvalue weighted by atomic mass is 10.0. The normalized spacial score (nSPS) is 16.6. The number of rotatable bonds is 5. The van der Waals surface area contributed by atoms with E-state index in [1.807, 2.05) is 0 Å². The molecule has 0 aliphatic carbocycles. The number of urea groups is 1. The molecular formula is C17H22N2O6. The minimum absolute atomic E-state index is 0.140. The molecule has 1 heterocycles. The van der Waals surface area contributed by atoms with Crippen molar-refractivity contribution >= 4 is 23.7 Å². The van der Waals surface area contributed by atoms with E-state index in [0.29, 0.717) is 18.8 Å². The Hall–Kier alpha value is -2.61. The zero-order valence-electron chi connectivity index (χ0n) is 14.3. The minimum Gasteiger partial charge on any atom is -0.465 e. The molecule has 0 saturated carbocycles. The maximum Gasteiger partial charge on any atom is 0.337 e. The highest BCUT2D eigenvalue weighted by atomic mass is 16.5. The van der Waals surface area contributed by atoms with Gasteiger partial charge in [0.05, 0.1) is 32.0 Å². The number of anilines is 1. The van der Waals surface area contributed by atoms with E-state index in [9.17, 15) is 14.4 Å². The number of hydrogen-bond acceptors (Lipinski definition) is 6. The van der Waals surface area contributed by atoms with Crippen molar-refractivity contribution in [2.75, 3.05) is 39.3 Å². The lowest BCUT2D eigenvalue weighted by Gasteiger charge is -2.22. The molecule has 8 heteroatoms. The lowest BCUT2D eigenvalue weighted by Crippen LogP contribution is -2.36. The first-order valence-electron chi connectivity index (χ1n) is 7.97. The van der Waals surface area contributed by atoms with E-state index >= 15 is 0 Å². The third-order valence-electron chi connectivity index (χ3n) is 3.84. The lowest BCUT2D eigenvalue weighted by molar-refractivity contribution is 0.0559. The van der Waals surface area contributed by atoms with Crippen LogP contribution < -0.4 is 10.6 Å². The fourth-order valence-electron chi connectivity index (χ4n) is 2.55. The van der Waals surface area contributed by atoms with Gasteiger partial charge in [-0.3, -0.25) is 0 Å². The molecule has 0 radical (unpaired) electrons. The van der Waals surface area contributed by atoms with Gasteiger partial charge in [-0.15, -0.1) is 0 Å². The van der Waals surface area contributed by atoms with Crippen LogP contribution in [0, 0.1) is 5.92 Å². The van der Waals surface area contributed by atoms with Gasteiger partial charge < -0.3 is 24.8 Å². The van der Waals surface area contributed by atoms with Crippen molar-refractivity contribution < 1.29 is 28.6 Å². The molecule has 136 valence electrons. The number of amides is 2. The summed E-state index contributed by atoms with van der Waals surface area (Å²) in [4.78, 5) is 35.5. The van der Waals surface area contributed by atoms with Gasteiger partial charge in [-0.2, -0.15) is 0 Å². The first kappa shape index (κ1) is 18.7. The zero-order valence-corrected chi connectivity index (χ0v) is 14.3. The Morgan fingerprint density at radius 2 is 1.76 bits per heavy atom. The summed E-state index contributed by atoms with van der Waals surface area (Å²) < 4.78 is 14.7. The van der Waals surface area contributed by atoms with Gasteiger partial charge in [0, 0.05) is 18.8 Å². The van der Waals surface area contributed by atoms with Crippen molar-refractivity contribution in [3.63, 3.8) is 0 Å². The Kier molecular flexibility index (Phi) is 6.76. The van der Waals surface area contributed by atoms with Crippen molar-refractivity contribution in [3.05, 3.63) is 29.3 Å². The predicted octanol–water partition coefficient (Wildman–Crippen LogP) is 1.81. The van der Waals surface area contributed by atoms with Crippen molar-refractivity contribution in [1.29, 1.82) is 0 Å². The van der Waals surface area contributed by atoms with Gasteiger partial charge in [0.25, 0.3) is 0 Å². The van der Waals surface area contributed by atoms with Crippen LogP contribution >= 0.6 is 0 Å².